The van der Waals surface area contributed by atoms with Crippen molar-refractivity contribution in [2.24, 2.45) is 0 Å². The predicted octanol–water partition coefficient (Wildman–Crippen LogP) is 2.38. The average molecular weight is 331 g/mol. The summed E-state index contributed by atoms with van der Waals surface area (Å²) in [5.41, 5.74) is 3.76. The van der Waals surface area contributed by atoms with Crippen LogP contribution in [0.5, 0.6) is 0 Å². The van der Waals surface area contributed by atoms with Gasteiger partial charge in [0.25, 0.3) is 0 Å². The molecule has 1 fully saturated rings. The van der Waals surface area contributed by atoms with Gasteiger partial charge in [-0.25, -0.2) is 8.42 Å². The molecule has 0 saturated carbocycles. The molecule has 0 radical (unpaired) electrons. The number of hydrogen-bond donors (Lipinski definition) is 0. The highest BCUT2D eigenvalue weighted by Gasteiger charge is 2.26. The van der Waals surface area contributed by atoms with Crippen LogP contribution in [0.25, 0.3) is 0 Å². The number of rotatable bonds is 5. The summed E-state index contributed by atoms with van der Waals surface area (Å²) in [6.07, 6.45) is 0.515. The lowest BCUT2D eigenvalue weighted by molar-refractivity contribution is 0.384. The van der Waals surface area contributed by atoms with Gasteiger partial charge in [-0.2, -0.15) is 4.31 Å². The first-order valence-corrected chi connectivity index (χ1v) is 9.45. The standard InChI is InChI=1S/C15H23ClN2O2S/c1-13-5-3-6-15(14(13)2)17-8-10-18(11-9-17)21(19,20)12-4-7-16/h3,5-6H,4,7-12H2,1-2H3. The van der Waals surface area contributed by atoms with E-state index in [0.717, 1.165) is 13.1 Å². The van der Waals surface area contributed by atoms with Gasteiger partial charge in [0.2, 0.25) is 10.0 Å². The Morgan fingerprint density at radius 1 is 1.14 bits per heavy atom. The number of sulfonamides is 1. The van der Waals surface area contributed by atoms with E-state index in [0.29, 0.717) is 25.4 Å². The minimum atomic E-state index is -3.15. The fourth-order valence-corrected chi connectivity index (χ4v) is 4.43. The molecule has 21 heavy (non-hydrogen) atoms. The third-order valence-corrected chi connectivity index (χ3v) is 6.31. The van der Waals surface area contributed by atoms with E-state index in [-0.39, 0.29) is 5.75 Å². The van der Waals surface area contributed by atoms with Gasteiger partial charge < -0.3 is 4.90 Å². The SMILES string of the molecule is Cc1cccc(N2CCN(S(=O)(=O)CCCCl)CC2)c1C. The van der Waals surface area contributed by atoms with Crippen LogP contribution in [0, 0.1) is 13.8 Å². The van der Waals surface area contributed by atoms with Crippen LogP contribution in [0.1, 0.15) is 17.5 Å². The first kappa shape index (κ1) is 16.6. The molecular formula is C15H23ClN2O2S. The van der Waals surface area contributed by atoms with Crippen LogP contribution in [0.4, 0.5) is 5.69 Å². The van der Waals surface area contributed by atoms with E-state index in [1.165, 1.54) is 16.8 Å². The van der Waals surface area contributed by atoms with Crippen LogP contribution in [-0.4, -0.2) is 50.5 Å². The predicted molar refractivity (Wildman–Crippen MR) is 88.8 cm³/mol. The topological polar surface area (TPSA) is 40.6 Å². The summed E-state index contributed by atoms with van der Waals surface area (Å²) in [5, 5.41) is 0. The Kier molecular flexibility index (Phi) is 5.52. The van der Waals surface area contributed by atoms with Crippen molar-refractivity contribution in [2.75, 3.05) is 42.7 Å². The maximum atomic E-state index is 12.2. The second-order valence-corrected chi connectivity index (χ2v) is 7.93. The van der Waals surface area contributed by atoms with Crippen LogP contribution < -0.4 is 4.90 Å². The Labute approximate surface area is 132 Å². The normalized spacial score (nSPS) is 17.2. The lowest BCUT2D eigenvalue weighted by Crippen LogP contribution is -2.49. The van der Waals surface area contributed by atoms with E-state index in [1.807, 2.05) is 0 Å². The van der Waals surface area contributed by atoms with Crippen molar-refractivity contribution in [3.8, 4) is 0 Å². The van der Waals surface area contributed by atoms with Crippen LogP contribution in [0.2, 0.25) is 0 Å². The fraction of sp³-hybridized carbons (Fsp3) is 0.600. The highest BCUT2D eigenvalue weighted by molar-refractivity contribution is 7.89. The van der Waals surface area contributed by atoms with Gasteiger partial charge in [-0.3, -0.25) is 0 Å². The van der Waals surface area contributed by atoms with Gasteiger partial charge in [0.1, 0.15) is 0 Å². The van der Waals surface area contributed by atoms with Crippen LogP contribution in [-0.2, 0) is 10.0 Å². The molecule has 6 heteroatoms. The van der Waals surface area contributed by atoms with Gasteiger partial charge in [-0.05, 0) is 37.5 Å². The largest absolute Gasteiger partial charge is 0.369 e. The summed E-state index contributed by atoms with van der Waals surface area (Å²) in [4.78, 5) is 2.27. The summed E-state index contributed by atoms with van der Waals surface area (Å²) in [5.74, 6) is 0.543. The van der Waals surface area contributed by atoms with E-state index in [1.54, 1.807) is 4.31 Å². The molecule has 0 bridgehead atoms. The first-order chi connectivity index (χ1) is 9.95. The maximum absolute atomic E-state index is 12.2. The van der Waals surface area contributed by atoms with Gasteiger partial charge in [0.05, 0.1) is 5.75 Å². The zero-order chi connectivity index (χ0) is 15.5. The smallest absolute Gasteiger partial charge is 0.214 e. The van der Waals surface area contributed by atoms with Crippen LogP contribution in [0.15, 0.2) is 18.2 Å². The summed E-state index contributed by atoms with van der Waals surface area (Å²) in [6, 6.07) is 6.27. The zero-order valence-electron chi connectivity index (χ0n) is 12.7. The Morgan fingerprint density at radius 3 is 2.43 bits per heavy atom. The van der Waals surface area contributed by atoms with Gasteiger partial charge in [0.15, 0.2) is 0 Å². The molecule has 1 aromatic carbocycles. The molecule has 0 spiro atoms. The number of benzene rings is 1. The third kappa shape index (κ3) is 3.90. The Balaban J connectivity index is 2.02. The van der Waals surface area contributed by atoms with E-state index in [4.69, 9.17) is 11.6 Å². The average Bonchev–Trinajstić information content (AvgIpc) is 2.48. The van der Waals surface area contributed by atoms with Crippen molar-refractivity contribution in [3.63, 3.8) is 0 Å². The second kappa shape index (κ2) is 6.99. The lowest BCUT2D eigenvalue weighted by Gasteiger charge is -2.36. The number of alkyl halides is 1. The van der Waals surface area contributed by atoms with Gasteiger partial charge in [-0.15, -0.1) is 11.6 Å². The van der Waals surface area contributed by atoms with Crippen molar-refractivity contribution < 1.29 is 8.42 Å². The van der Waals surface area contributed by atoms with Crippen LogP contribution >= 0.6 is 11.6 Å². The van der Waals surface area contributed by atoms with Crippen molar-refractivity contribution in [3.05, 3.63) is 29.3 Å². The molecule has 118 valence electrons. The Morgan fingerprint density at radius 2 is 1.81 bits per heavy atom. The van der Waals surface area contributed by atoms with E-state index < -0.39 is 10.0 Å². The molecule has 0 unspecified atom stereocenters. The first-order valence-electron chi connectivity index (χ1n) is 7.30. The highest BCUT2D eigenvalue weighted by atomic mass is 35.5. The number of halogens is 1. The van der Waals surface area contributed by atoms with E-state index in [2.05, 4.69) is 36.9 Å². The summed E-state index contributed by atoms with van der Waals surface area (Å²) >= 11 is 5.59. The van der Waals surface area contributed by atoms with Gasteiger partial charge in [0, 0.05) is 37.7 Å². The quantitative estimate of drug-likeness (QED) is 0.778. The molecule has 0 atom stereocenters. The third-order valence-electron chi connectivity index (χ3n) is 4.08. The number of aryl methyl sites for hydroxylation is 1. The molecule has 0 aromatic heterocycles. The number of anilines is 1. The fourth-order valence-electron chi connectivity index (χ4n) is 2.65. The molecule has 4 nitrogen and oxygen atoms in total. The maximum Gasteiger partial charge on any atom is 0.214 e. The summed E-state index contributed by atoms with van der Waals surface area (Å²) < 4.78 is 25.9. The highest BCUT2D eigenvalue weighted by Crippen LogP contribution is 2.24. The Bertz CT molecular complexity index is 581. The van der Waals surface area contributed by atoms with Crippen molar-refractivity contribution >= 4 is 27.3 Å². The zero-order valence-corrected chi connectivity index (χ0v) is 14.3. The molecule has 1 saturated heterocycles. The molecule has 1 aliphatic heterocycles. The minimum absolute atomic E-state index is 0.153. The second-order valence-electron chi connectivity index (χ2n) is 5.46. The number of hydrogen-bond acceptors (Lipinski definition) is 3. The van der Waals surface area contributed by atoms with E-state index >= 15 is 0 Å². The van der Waals surface area contributed by atoms with Gasteiger partial charge >= 0.3 is 0 Å². The molecular weight excluding hydrogens is 308 g/mol. The molecule has 0 N–H and O–H groups in total. The van der Waals surface area contributed by atoms with Crippen molar-refractivity contribution in [2.45, 2.75) is 20.3 Å². The molecule has 1 aliphatic rings. The van der Waals surface area contributed by atoms with Crippen molar-refractivity contribution in [1.29, 1.82) is 0 Å². The van der Waals surface area contributed by atoms with Gasteiger partial charge in [-0.1, -0.05) is 12.1 Å². The lowest BCUT2D eigenvalue weighted by atomic mass is 10.1. The molecule has 1 aromatic rings. The Hall–Kier alpha value is -0.780. The summed E-state index contributed by atoms with van der Waals surface area (Å²) in [7, 11) is -3.15. The molecule has 0 aliphatic carbocycles. The van der Waals surface area contributed by atoms with Crippen LogP contribution in [0.3, 0.4) is 0 Å². The number of piperazine rings is 1. The monoisotopic (exact) mass is 330 g/mol. The number of nitrogens with zero attached hydrogens (tertiary/aromatic N) is 2. The van der Waals surface area contributed by atoms with E-state index in [9.17, 15) is 8.42 Å². The molecule has 0 amide bonds. The minimum Gasteiger partial charge on any atom is -0.369 e. The molecule has 1 heterocycles. The van der Waals surface area contributed by atoms with Crippen molar-refractivity contribution in [1.82, 2.24) is 4.31 Å². The summed E-state index contributed by atoms with van der Waals surface area (Å²) in [6.45, 7) is 6.81. The molecule has 2 rings (SSSR count).